The van der Waals surface area contributed by atoms with E-state index >= 15 is 0 Å². The lowest BCUT2D eigenvalue weighted by Crippen LogP contribution is -2.38. The van der Waals surface area contributed by atoms with Gasteiger partial charge in [0.05, 0.1) is 6.04 Å². The van der Waals surface area contributed by atoms with Gasteiger partial charge in [0.1, 0.15) is 6.54 Å². The number of amides is 1. The number of carboxylic acid groups (broad SMARTS) is 1. The van der Waals surface area contributed by atoms with Gasteiger partial charge in [0, 0.05) is 12.2 Å². The molecular weight excluding hydrogens is 282 g/mol. The molecule has 0 fully saturated rings. The van der Waals surface area contributed by atoms with Crippen LogP contribution >= 0.6 is 0 Å². The number of rotatable bonds is 8. The monoisotopic (exact) mass is 309 g/mol. The fourth-order valence-electron chi connectivity index (χ4n) is 2.58. The topological polar surface area (TPSA) is 75.4 Å². The lowest BCUT2D eigenvalue weighted by Gasteiger charge is -2.21. The lowest BCUT2D eigenvalue weighted by atomic mass is 10.2. The summed E-state index contributed by atoms with van der Waals surface area (Å²) in [5, 5.41) is 13.4. The first-order valence-corrected chi connectivity index (χ1v) is 7.87. The van der Waals surface area contributed by atoms with Crippen molar-refractivity contribution in [2.75, 3.05) is 13.1 Å². The second kappa shape index (κ2) is 7.96. The Hall–Kier alpha value is -1.85. The van der Waals surface area contributed by atoms with Crippen LogP contribution in [0.2, 0.25) is 0 Å². The highest BCUT2D eigenvalue weighted by molar-refractivity contribution is 5.94. The van der Waals surface area contributed by atoms with E-state index in [4.69, 9.17) is 5.11 Å². The third-order valence-corrected chi connectivity index (χ3v) is 3.63. The summed E-state index contributed by atoms with van der Waals surface area (Å²) >= 11 is 0. The van der Waals surface area contributed by atoms with E-state index in [0.717, 1.165) is 18.5 Å². The highest BCUT2D eigenvalue weighted by Crippen LogP contribution is 2.19. The van der Waals surface area contributed by atoms with Crippen molar-refractivity contribution in [2.45, 2.75) is 53.5 Å². The van der Waals surface area contributed by atoms with Crippen molar-refractivity contribution >= 4 is 11.9 Å². The first kappa shape index (κ1) is 18.2. The Balaban J connectivity index is 3.03. The molecule has 0 saturated carbocycles. The van der Waals surface area contributed by atoms with Crippen molar-refractivity contribution in [1.29, 1.82) is 0 Å². The van der Waals surface area contributed by atoms with E-state index in [2.05, 4.69) is 18.9 Å². The van der Waals surface area contributed by atoms with Crippen molar-refractivity contribution in [1.82, 2.24) is 14.7 Å². The summed E-state index contributed by atoms with van der Waals surface area (Å²) in [5.74, 6) is -1.13. The predicted molar refractivity (Wildman–Crippen MR) is 85.0 cm³/mol. The highest BCUT2D eigenvalue weighted by Gasteiger charge is 2.23. The van der Waals surface area contributed by atoms with E-state index in [1.54, 1.807) is 6.07 Å². The number of nitrogens with zero attached hydrogens (tertiary/aromatic N) is 3. The van der Waals surface area contributed by atoms with Gasteiger partial charge >= 0.3 is 5.97 Å². The van der Waals surface area contributed by atoms with Crippen LogP contribution < -0.4 is 0 Å². The maximum atomic E-state index is 12.6. The molecule has 0 radical (unpaired) electrons. The maximum absolute atomic E-state index is 12.6. The minimum absolute atomic E-state index is 0.200. The van der Waals surface area contributed by atoms with Crippen LogP contribution in [0.5, 0.6) is 0 Å². The Morgan fingerprint density at radius 3 is 2.36 bits per heavy atom. The van der Waals surface area contributed by atoms with Crippen LogP contribution in [0.4, 0.5) is 0 Å². The summed E-state index contributed by atoms with van der Waals surface area (Å²) in [6.45, 7) is 10.1. The molecule has 1 aromatic heterocycles. The second-order valence-corrected chi connectivity index (χ2v) is 6.06. The molecular formula is C16H27N3O3. The van der Waals surface area contributed by atoms with E-state index in [-0.39, 0.29) is 24.4 Å². The third-order valence-electron chi connectivity index (χ3n) is 3.63. The number of aliphatic carboxylic acids is 1. The van der Waals surface area contributed by atoms with Gasteiger partial charge in [0.2, 0.25) is 0 Å². The van der Waals surface area contributed by atoms with Crippen molar-refractivity contribution in [3.05, 3.63) is 17.5 Å². The SMILES string of the molecule is CCC(CC)n1nc(C(=O)N(CC(=O)O)CC(C)C)cc1C. The largest absolute Gasteiger partial charge is 0.480 e. The van der Waals surface area contributed by atoms with Gasteiger partial charge in [-0.25, -0.2) is 0 Å². The van der Waals surface area contributed by atoms with E-state index in [1.807, 2.05) is 25.5 Å². The van der Waals surface area contributed by atoms with Gasteiger partial charge < -0.3 is 10.0 Å². The molecule has 6 nitrogen and oxygen atoms in total. The molecule has 0 bridgehead atoms. The van der Waals surface area contributed by atoms with Gasteiger partial charge in [-0.1, -0.05) is 27.7 Å². The van der Waals surface area contributed by atoms with Crippen LogP contribution in [0.15, 0.2) is 6.07 Å². The summed E-state index contributed by atoms with van der Waals surface area (Å²) in [5.41, 5.74) is 1.25. The molecule has 0 aliphatic carbocycles. The second-order valence-electron chi connectivity index (χ2n) is 6.06. The third kappa shape index (κ3) is 4.58. The molecule has 6 heteroatoms. The molecule has 0 aromatic carbocycles. The Morgan fingerprint density at radius 2 is 1.91 bits per heavy atom. The lowest BCUT2D eigenvalue weighted by molar-refractivity contribution is -0.137. The summed E-state index contributed by atoms with van der Waals surface area (Å²) in [4.78, 5) is 24.9. The molecule has 0 aliphatic heterocycles. The zero-order valence-corrected chi connectivity index (χ0v) is 14.2. The van der Waals surface area contributed by atoms with E-state index in [0.29, 0.717) is 12.2 Å². The van der Waals surface area contributed by atoms with Crippen LogP contribution in [0.1, 0.15) is 62.8 Å². The van der Waals surface area contributed by atoms with Crippen LogP contribution in [0.25, 0.3) is 0 Å². The predicted octanol–water partition coefficient (Wildman–Crippen LogP) is 2.74. The summed E-state index contributed by atoms with van der Waals surface area (Å²) < 4.78 is 1.88. The van der Waals surface area contributed by atoms with Gasteiger partial charge in [-0.2, -0.15) is 5.10 Å². The van der Waals surface area contributed by atoms with E-state index in [9.17, 15) is 9.59 Å². The summed E-state index contributed by atoms with van der Waals surface area (Å²) in [6.07, 6.45) is 1.88. The number of hydrogen-bond acceptors (Lipinski definition) is 3. The summed E-state index contributed by atoms with van der Waals surface area (Å²) in [7, 11) is 0. The zero-order valence-electron chi connectivity index (χ0n) is 14.2. The number of carboxylic acids is 1. The molecule has 1 heterocycles. The molecule has 1 rings (SSSR count). The number of aryl methyl sites for hydroxylation is 1. The fourth-order valence-corrected chi connectivity index (χ4v) is 2.58. The van der Waals surface area contributed by atoms with Gasteiger partial charge in [0.25, 0.3) is 5.91 Å². The molecule has 1 N–H and O–H groups in total. The van der Waals surface area contributed by atoms with Gasteiger partial charge in [-0.05, 0) is 31.7 Å². The molecule has 0 spiro atoms. The van der Waals surface area contributed by atoms with Crippen molar-refractivity contribution in [3.63, 3.8) is 0 Å². The number of carbonyl (C=O) groups excluding carboxylic acids is 1. The van der Waals surface area contributed by atoms with Gasteiger partial charge in [0.15, 0.2) is 5.69 Å². The van der Waals surface area contributed by atoms with E-state index in [1.165, 1.54) is 4.90 Å². The molecule has 22 heavy (non-hydrogen) atoms. The number of hydrogen-bond donors (Lipinski definition) is 1. The first-order valence-electron chi connectivity index (χ1n) is 7.87. The van der Waals surface area contributed by atoms with Crippen molar-refractivity contribution < 1.29 is 14.7 Å². The zero-order chi connectivity index (χ0) is 16.9. The highest BCUT2D eigenvalue weighted by atomic mass is 16.4. The van der Waals surface area contributed by atoms with Crippen LogP contribution in [-0.4, -0.2) is 44.8 Å². The maximum Gasteiger partial charge on any atom is 0.323 e. The van der Waals surface area contributed by atoms with Crippen LogP contribution in [0, 0.1) is 12.8 Å². The van der Waals surface area contributed by atoms with Gasteiger partial charge in [-0.3, -0.25) is 14.3 Å². The molecule has 1 amide bonds. The molecule has 0 unspecified atom stereocenters. The number of aromatic nitrogens is 2. The fraction of sp³-hybridized carbons (Fsp3) is 0.688. The number of carbonyl (C=O) groups is 2. The molecule has 1 aromatic rings. The Kier molecular flexibility index (Phi) is 6.59. The standard InChI is InChI=1S/C16H27N3O3/c1-6-13(7-2)19-12(5)8-14(17-19)16(22)18(9-11(3)4)10-15(20)21/h8,11,13H,6-7,9-10H2,1-5H3,(H,20,21). The minimum atomic E-state index is -1.01. The first-order chi connectivity index (χ1) is 10.3. The van der Waals surface area contributed by atoms with Crippen molar-refractivity contribution in [3.8, 4) is 0 Å². The van der Waals surface area contributed by atoms with E-state index < -0.39 is 5.97 Å². The Morgan fingerprint density at radius 1 is 1.32 bits per heavy atom. The Labute approximate surface area is 132 Å². The smallest absolute Gasteiger partial charge is 0.323 e. The average molecular weight is 309 g/mol. The molecule has 124 valence electrons. The molecule has 0 aliphatic rings. The van der Waals surface area contributed by atoms with Crippen molar-refractivity contribution in [2.24, 2.45) is 5.92 Å². The quantitative estimate of drug-likeness (QED) is 0.801. The molecule has 0 atom stereocenters. The Bertz CT molecular complexity index is 519. The minimum Gasteiger partial charge on any atom is -0.480 e. The average Bonchev–Trinajstić information content (AvgIpc) is 2.80. The summed E-state index contributed by atoms with van der Waals surface area (Å²) in [6, 6.07) is 2.01. The van der Waals surface area contributed by atoms with Crippen LogP contribution in [0.3, 0.4) is 0 Å². The van der Waals surface area contributed by atoms with Crippen LogP contribution in [-0.2, 0) is 4.79 Å². The molecule has 0 saturated heterocycles. The normalized spacial score (nSPS) is 11.2. The van der Waals surface area contributed by atoms with Gasteiger partial charge in [-0.15, -0.1) is 0 Å².